The van der Waals surface area contributed by atoms with E-state index in [-0.39, 0.29) is 0 Å². The van der Waals surface area contributed by atoms with Gasteiger partial charge >= 0.3 is 0 Å². The zero-order valence-electron chi connectivity index (χ0n) is 12.2. The maximum atomic E-state index is 9.96. The number of phenolic OH excluding ortho intramolecular Hbond substituents is 1. The molecule has 0 saturated carbocycles. The standard InChI is InChI=1S/C17H21NO2/c1-4-20-16-8-6-5-7-14(16)11-18-15-10-9-12(2)17(19)13(15)3/h5-10,18-19H,4,11H2,1-3H3. The van der Waals surface area contributed by atoms with Crippen molar-refractivity contribution in [2.45, 2.75) is 27.3 Å². The SMILES string of the molecule is CCOc1ccccc1CNc1ccc(C)c(O)c1C. The highest BCUT2D eigenvalue weighted by Gasteiger charge is 2.07. The van der Waals surface area contributed by atoms with Crippen LogP contribution in [-0.2, 0) is 6.54 Å². The summed E-state index contributed by atoms with van der Waals surface area (Å²) in [6.45, 7) is 7.11. The van der Waals surface area contributed by atoms with Crippen LogP contribution in [0, 0.1) is 13.8 Å². The second kappa shape index (κ2) is 6.33. The molecule has 0 bridgehead atoms. The zero-order valence-corrected chi connectivity index (χ0v) is 12.2. The van der Waals surface area contributed by atoms with Gasteiger partial charge in [0.1, 0.15) is 11.5 Å². The van der Waals surface area contributed by atoms with Gasteiger partial charge < -0.3 is 15.2 Å². The minimum absolute atomic E-state index is 0.355. The minimum atomic E-state index is 0.355. The number of ether oxygens (including phenoxy) is 1. The Labute approximate surface area is 120 Å². The summed E-state index contributed by atoms with van der Waals surface area (Å²) < 4.78 is 5.61. The number of phenols is 1. The summed E-state index contributed by atoms with van der Waals surface area (Å²) in [6.07, 6.45) is 0. The monoisotopic (exact) mass is 271 g/mol. The van der Waals surface area contributed by atoms with Crippen molar-refractivity contribution in [2.24, 2.45) is 0 Å². The lowest BCUT2D eigenvalue weighted by molar-refractivity contribution is 0.337. The molecule has 0 aliphatic heterocycles. The van der Waals surface area contributed by atoms with Crippen molar-refractivity contribution in [3.05, 3.63) is 53.1 Å². The molecule has 106 valence electrons. The third-order valence-corrected chi connectivity index (χ3v) is 3.37. The summed E-state index contributed by atoms with van der Waals surface area (Å²) in [6, 6.07) is 11.9. The fourth-order valence-corrected chi connectivity index (χ4v) is 2.16. The van der Waals surface area contributed by atoms with Crippen LogP contribution in [0.2, 0.25) is 0 Å². The molecule has 20 heavy (non-hydrogen) atoms. The molecule has 0 amide bonds. The van der Waals surface area contributed by atoms with Crippen molar-refractivity contribution in [3.8, 4) is 11.5 Å². The van der Waals surface area contributed by atoms with Crippen molar-refractivity contribution in [3.63, 3.8) is 0 Å². The molecule has 0 aliphatic carbocycles. The highest BCUT2D eigenvalue weighted by Crippen LogP contribution is 2.29. The van der Waals surface area contributed by atoms with Gasteiger partial charge in [0.2, 0.25) is 0 Å². The minimum Gasteiger partial charge on any atom is -0.507 e. The number of para-hydroxylation sites is 1. The number of hydrogen-bond acceptors (Lipinski definition) is 3. The van der Waals surface area contributed by atoms with E-state index in [1.807, 2.05) is 57.2 Å². The Morgan fingerprint density at radius 3 is 2.60 bits per heavy atom. The first-order chi connectivity index (χ1) is 9.63. The largest absolute Gasteiger partial charge is 0.507 e. The van der Waals surface area contributed by atoms with E-state index in [1.165, 1.54) is 0 Å². The van der Waals surface area contributed by atoms with E-state index in [1.54, 1.807) is 0 Å². The van der Waals surface area contributed by atoms with Gasteiger partial charge in [-0.1, -0.05) is 24.3 Å². The smallest absolute Gasteiger partial charge is 0.124 e. The molecule has 2 aromatic rings. The summed E-state index contributed by atoms with van der Waals surface area (Å²) in [7, 11) is 0. The predicted octanol–water partition coefficient (Wildman–Crippen LogP) is 4.02. The fourth-order valence-electron chi connectivity index (χ4n) is 2.16. The molecular weight excluding hydrogens is 250 g/mol. The molecule has 2 rings (SSSR count). The van der Waals surface area contributed by atoms with Gasteiger partial charge in [0.15, 0.2) is 0 Å². The van der Waals surface area contributed by atoms with Crippen LogP contribution in [0.15, 0.2) is 36.4 Å². The number of nitrogens with one attached hydrogen (secondary N) is 1. The Morgan fingerprint density at radius 2 is 1.85 bits per heavy atom. The molecule has 0 aliphatic rings. The third kappa shape index (κ3) is 3.05. The Bertz CT molecular complexity index is 594. The van der Waals surface area contributed by atoms with Crippen LogP contribution in [0.1, 0.15) is 23.6 Å². The number of rotatable bonds is 5. The van der Waals surface area contributed by atoms with Crippen LogP contribution in [0.3, 0.4) is 0 Å². The summed E-state index contributed by atoms with van der Waals surface area (Å²) >= 11 is 0. The van der Waals surface area contributed by atoms with E-state index in [4.69, 9.17) is 4.74 Å². The van der Waals surface area contributed by atoms with Crippen LogP contribution in [0.5, 0.6) is 11.5 Å². The first-order valence-corrected chi connectivity index (χ1v) is 6.87. The normalized spacial score (nSPS) is 10.3. The Hall–Kier alpha value is -2.16. The molecule has 0 unspecified atom stereocenters. The van der Waals surface area contributed by atoms with Gasteiger partial charge in [0.05, 0.1) is 6.61 Å². The zero-order chi connectivity index (χ0) is 14.5. The Morgan fingerprint density at radius 1 is 1.10 bits per heavy atom. The molecule has 2 aromatic carbocycles. The van der Waals surface area contributed by atoms with Crippen LogP contribution in [0.4, 0.5) is 5.69 Å². The van der Waals surface area contributed by atoms with Crippen molar-refractivity contribution < 1.29 is 9.84 Å². The van der Waals surface area contributed by atoms with Crippen molar-refractivity contribution in [1.82, 2.24) is 0 Å². The average Bonchev–Trinajstić information content (AvgIpc) is 2.46. The van der Waals surface area contributed by atoms with Gasteiger partial charge in [0, 0.05) is 23.4 Å². The molecule has 0 heterocycles. The van der Waals surface area contributed by atoms with Gasteiger partial charge in [-0.15, -0.1) is 0 Å². The number of aryl methyl sites for hydroxylation is 1. The molecular formula is C17H21NO2. The quantitative estimate of drug-likeness (QED) is 0.863. The third-order valence-electron chi connectivity index (χ3n) is 3.37. The summed E-state index contributed by atoms with van der Waals surface area (Å²) in [5.74, 6) is 1.25. The van der Waals surface area contributed by atoms with Crippen molar-refractivity contribution in [2.75, 3.05) is 11.9 Å². The highest BCUT2D eigenvalue weighted by molar-refractivity contribution is 5.59. The van der Waals surface area contributed by atoms with Crippen LogP contribution < -0.4 is 10.1 Å². The number of aromatic hydroxyl groups is 1. The molecule has 0 aromatic heterocycles. The van der Waals surface area contributed by atoms with E-state index < -0.39 is 0 Å². The number of anilines is 1. The molecule has 0 fully saturated rings. The number of hydrogen-bond donors (Lipinski definition) is 2. The maximum absolute atomic E-state index is 9.96. The molecule has 0 spiro atoms. The molecule has 2 N–H and O–H groups in total. The van der Waals surface area contributed by atoms with Gasteiger partial charge in [0.25, 0.3) is 0 Å². The van der Waals surface area contributed by atoms with Crippen LogP contribution in [0.25, 0.3) is 0 Å². The van der Waals surface area contributed by atoms with Gasteiger partial charge in [-0.05, 0) is 38.5 Å². The first-order valence-electron chi connectivity index (χ1n) is 6.87. The summed E-state index contributed by atoms with van der Waals surface area (Å²) in [5.41, 5.74) is 3.81. The van der Waals surface area contributed by atoms with E-state index >= 15 is 0 Å². The van der Waals surface area contributed by atoms with Gasteiger partial charge in [-0.25, -0.2) is 0 Å². The summed E-state index contributed by atoms with van der Waals surface area (Å²) in [4.78, 5) is 0. The second-order valence-electron chi connectivity index (χ2n) is 4.80. The molecule has 0 atom stereocenters. The Balaban J connectivity index is 2.15. The van der Waals surface area contributed by atoms with E-state index in [0.29, 0.717) is 18.9 Å². The van der Waals surface area contributed by atoms with Crippen molar-refractivity contribution in [1.29, 1.82) is 0 Å². The van der Waals surface area contributed by atoms with Crippen molar-refractivity contribution >= 4 is 5.69 Å². The average molecular weight is 271 g/mol. The lowest BCUT2D eigenvalue weighted by Crippen LogP contribution is -2.04. The van der Waals surface area contributed by atoms with Gasteiger partial charge in [-0.3, -0.25) is 0 Å². The molecule has 3 nitrogen and oxygen atoms in total. The molecule has 0 radical (unpaired) electrons. The topological polar surface area (TPSA) is 41.5 Å². The molecule has 0 saturated heterocycles. The second-order valence-corrected chi connectivity index (χ2v) is 4.80. The maximum Gasteiger partial charge on any atom is 0.124 e. The fraction of sp³-hybridized carbons (Fsp3) is 0.294. The highest BCUT2D eigenvalue weighted by atomic mass is 16.5. The Kier molecular flexibility index (Phi) is 4.51. The summed E-state index contributed by atoms with van der Waals surface area (Å²) in [5, 5.41) is 13.3. The van der Waals surface area contributed by atoms with E-state index in [0.717, 1.165) is 28.1 Å². The van der Waals surface area contributed by atoms with Crippen LogP contribution in [-0.4, -0.2) is 11.7 Å². The van der Waals surface area contributed by atoms with E-state index in [9.17, 15) is 5.11 Å². The lowest BCUT2D eigenvalue weighted by atomic mass is 10.1. The van der Waals surface area contributed by atoms with E-state index in [2.05, 4.69) is 5.32 Å². The first kappa shape index (κ1) is 14.3. The predicted molar refractivity (Wildman–Crippen MR) is 82.5 cm³/mol. The number of benzene rings is 2. The lowest BCUT2D eigenvalue weighted by Gasteiger charge is -2.14. The van der Waals surface area contributed by atoms with Crippen LogP contribution >= 0.6 is 0 Å². The molecule has 3 heteroatoms. The van der Waals surface area contributed by atoms with Gasteiger partial charge in [-0.2, -0.15) is 0 Å².